The van der Waals surface area contributed by atoms with E-state index in [1.165, 1.54) is 6.07 Å². The number of aromatic nitrogens is 1. The second-order valence-corrected chi connectivity index (χ2v) is 7.15. The van der Waals surface area contributed by atoms with E-state index in [1.54, 1.807) is 27.7 Å². The Balaban J connectivity index is 1.94. The van der Waals surface area contributed by atoms with Crippen LogP contribution in [0.1, 0.15) is 33.3 Å². The van der Waals surface area contributed by atoms with Crippen LogP contribution in [0, 0.1) is 5.82 Å². The average molecular weight is 375 g/mol. The van der Waals surface area contributed by atoms with Gasteiger partial charge in [-0.2, -0.15) is 0 Å². The van der Waals surface area contributed by atoms with Gasteiger partial charge in [0, 0.05) is 17.8 Å². The monoisotopic (exact) mass is 375 g/mol. The summed E-state index contributed by atoms with van der Waals surface area (Å²) in [6.45, 7) is 7.76. The molecule has 0 unspecified atom stereocenters. The first-order chi connectivity index (χ1) is 12.7. The molecule has 1 heterocycles. The molecule has 2 rings (SSSR count). The van der Waals surface area contributed by atoms with Crippen molar-refractivity contribution in [2.45, 2.75) is 45.9 Å². The zero-order valence-corrected chi connectivity index (χ0v) is 16.1. The molecular formula is C20H26FN3O3. The van der Waals surface area contributed by atoms with Crippen molar-refractivity contribution in [2.75, 3.05) is 11.9 Å². The Hall–Kier alpha value is -2.83. The van der Waals surface area contributed by atoms with Crippen molar-refractivity contribution >= 4 is 11.8 Å². The number of nitrogens with zero attached hydrogens (tertiary/aromatic N) is 1. The van der Waals surface area contributed by atoms with Gasteiger partial charge in [-0.3, -0.25) is 0 Å². The lowest BCUT2D eigenvalue weighted by atomic mass is 10.2. The second-order valence-electron chi connectivity index (χ2n) is 7.15. The van der Waals surface area contributed by atoms with Crippen molar-refractivity contribution in [2.24, 2.45) is 0 Å². The van der Waals surface area contributed by atoms with E-state index in [1.807, 2.05) is 30.3 Å². The lowest BCUT2D eigenvalue weighted by molar-refractivity contribution is 0.0503. The van der Waals surface area contributed by atoms with Crippen LogP contribution in [0.4, 0.5) is 14.9 Å². The highest BCUT2D eigenvalue weighted by Crippen LogP contribution is 2.19. The minimum atomic E-state index is -0.566. The molecule has 0 spiro atoms. The van der Waals surface area contributed by atoms with Gasteiger partial charge in [0.25, 0.3) is 0 Å². The van der Waals surface area contributed by atoms with Crippen LogP contribution in [0.15, 0.2) is 42.6 Å². The van der Waals surface area contributed by atoms with Crippen molar-refractivity contribution < 1.29 is 18.7 Å². The first-order valence-corrected chi connectivity index (χ1v) is 8.80. The molecule has 6 nitrogen and oxygen atoms in total. The Morgan fingerprint density at radius 3 is 2.63 bits per heavy atom. The average Bonchev–Trinajstić information content (AvgIpc) is 2.59. The second kappa shape index (κ2) is 9.21. The van der Waals surface area contributed by atoms with Crippen molar-refractivity contribution in [1.82, 2.24) is 10.3 Å². The molecule has 1 aromatic heterocycles. The fourth-order valence-corrected chi connectivity index (χ4v) is 2.23. The van der Waals surface area contributed by atoms with Gasteiger partial charge in [-0.05, 0) is 45.9 Å². The van der Waals surface area contributed by atoms with Crippen molar-refractivity contribution in [3.63, 3.8) is 0 Å². The number of pyridine rings is 1. The zero-order chi connectivity index (χ0) is 19.9. The summed E-state index contributed by atoms with van der Waals surface area (Å²) in [5.74, 6) is -0.120. The van der Waals surface area contributed by atoms with Crippen LogP contribution >= 0.6 is 0 Å². The molecule has 0 aliphatic rings. The maximum absolute atomic E-state index is 13.6. The van der Waals surface area contributed by atoms with Gasteiger partial charge in [0.05, 0.1) is 12.7 Å². The number of halogens is 1. The van der Waals surface area contributed by atoms with E-state index in [4.69, 9.17) is 9.47 Å². The van der Waals surface area contributed by atoms with E-state index in [2.05, 4.69) is 15.6 Å². The maximum atomic E-state index is 13.6. The van der Waals surface area contributed by atoms with Gasteiger partial charge in [-0.15, -0.1) is 0 Å². The summed E-state index contributed by atoms with van der Waals surface area (Å²) in [6, 6.07) is 11.0. The molecule has 27 heavy (non-hydrogen) atoms. The molecule has 2 N–H and O–H groups in total. The lowest BCUT2D eigenvalue weighted by Gasteiger charge is -2.21. The van der Waals surface area contributed by atoms with E-state index in [-0.39, 0.29) is 12.6 Å². The largest absolute Gasteiger partial charge is 0.473 e. The molecule has 0 saturated heterocycles. The van der Waals surface area contributed by atoms with Crippen molar-refractivity contribution in [3.05, 3.63) is 54.0 Å². The quantitative estimate of drug-likeness (QED) is 0.761. The van der Waals surface area contributed by atoms with Crippen LogP contribution in [-0.2, 0) is 11.3 Å². The molecule has 0 radical (unpaired) electrons. The number of para-hydroxylation sites is 1. The molecule has 1 amide bonds. The lowest BCUT2D eigenvalue weighted by Crippen LogP contribution is -2.37. The topological polar surface area (TPSA) is 72.5 Å². The van der Waals surface area contributed by atoms with Crippen LogP contribution < -0.4 is 15.4 Å². The Morgan fingerprint density at radius 2 is 1.96 bits per heavy atom. The smallest absolute Gasteiger partial charge is 0.407 e. The minimum Gasteiger partial charge on any atom is -0.473 e. The summed E-state index contributed by atoms with van der Waals surface area (Å²) in [7, 11) is 0. The summed E-state index contributed by atoms with van der Waals surface area (Å²) < 4.78 is 24.6. The summed E-state index contributed by atoms with van der Waals surface area (Å²) in [5.41, 5.74) is 0.929. The van der Waals surface area contributed by atoms with Gasteiger partial charge in [-0.1, -0.05) is 18.2 Å². The van der Waals surface area contributed by atoms with E-state index < -0.39 is 17.5 Å². The van der Waals surface area contributed by atoms with E-state index in [9.17, 15) is 9.18 Å². The fourth-order valence-electron chi connectivity index (χ4n) is 2.23. The molecule has 1 atom stereocenters. The number of ether oxygens (including phenoxy) is 2. The summed E-state index contributed by atoms with van der Waals surface area (Å²) >= 11 is 0. The Labute approximate surface area is 159 Å². The summed E-state index contributed by atoms with van der Waals surface area (Å²) in [6.07, 6.45) is 0.219. The molecule has 1 aromatic carbocycles. The first kappa shape index (κ1) is 20.5. The molecule has 2 aromatic rings. The number of alkyl carbamates (subject to hydrolysis) is 1. The van der Waals surface area contributed by atoms with Gasteiger partial charge < -0.3 is 20.1 Å². The third-order valence-corrected chi connectivity index (χ3v) is 3.39. The van der Waals surface area contributed by atoms with Crippen LogP contribution in [0.25, 0.3) is 0 Å². The summed E-state index contributed by atoms with van der Waals surface area (Å²) in [5, 5.41) is 5.85. The van der Waals surface area contributed by atoms with Gasteiger partial charge in [0.2, 0.25) is 5.88 Å². The fraction of sp³-hybridized carbons (Fsp3) is 0.400. The van der Waals surface area contributed by atoms with E-state index >= 15 is 0 Å². The highest BCUT2D eigenvalue weighted by molar-refractivity contribution is 5.67. The van der Waals surface area contributed by atoms with E-state index in [0.717, 1.165) is 11.9 Å². The Morgan fingerprint density at radius 1 is 1.26 bits per heavy atom. The SMILES string of the molecule is C[C@@H](CNC(=O)OC(C)(C)C)Oc1ncc(F)cc1CNc1ccccc1. The normalized spacial score (nSPS) is 12.2. The molecule has 0 fully saturated rings. The molecule has 0 bridgehead atoms. The number of anilines is 1. The van der Waals surface area contributed by atoms with Gasteiger partial charge in [0.15, 0.2) is 0 Å². The number of nitrogens with one attached hydrogen (secondary N) is 2. The number of rotatable bonds is 7. The van der Waals surface area contributed by atoms with Gasteiger partial charge in [0.1, 0.15) is 17.5 Å². The standard InChI is InChI=1S/C20H26FN3O3/c1-14(11-24-19(25)27-20(2,3)4)26-18-15(10-16(21)13-23-18)12-22-17-8-6-5-7-9-17/h5-10,13-14,22H,11-12H2,1-4H3,(H,24,25)/t14-/m0/s1. The third-order valence-electron chi connectivity index (χ3n) is 3.39. The number of hydrogen-bond donors (Lipinski definition) is 2. The molecule has 0 aliphatic heterocycles. The maximum Gasteiger partial charge on any atom is 0.407 e. The number of carbonyl (C=O) groups excluding carboxylic acids is 1. The highest BCUT2D eigenvalue weighted by atomic mass is 19.1. The first-order valence-electron chi connectivity index (χ1n) is 8.80. The number of benzene rings is 1. The van der Waals surface area contributed by atoms with Gasteiger partial charge >= 0.3 is 6.09 Å². The highest BCUT2D eigenvalue weighted by Gasteiger charge is 2.17. The van der Waals surface area contributed by atoms with Crippen LogP contribution in [0.3, 0.4) is 0 Å². The van der Waals surface area contributed by atoms with Crippen molar-refractivity contribution in [1.29, 1.82) is 0 Å². The molecule has 146 valence electrons. The summed E-state index contributed by atoms with van der Waals surface area (Å²) in [4.78, 5) is 15.8. The Bertz CT molecular complexity index is 748. The predicted molar refractivity (Wildman–Crippen MR) is 102 cm³/mol. The van der Waals surface area contributed by atoms with Crippen LogP contribution in [0.2, 0.25) is 0 Å². The van der Waals surface area contributed by atoms with Crippen LogP contribution in [-0.4, -0.2) is 29.3 Å². The van der Waals surface area contributed by atoms with Crippen molar-refractivity contribution in [3.8, 4) is 5.88 Å². The minimum absolute atomic E-state index is 0.236. The zero-order valence-electron chi connectivity index (χ0n) is 16.1. The van der Waals surface area contributed by atoms with Crippen LogP contribution in [0.5, 0.6) is 5.88 Å². The van der Waals surface area contributed by atoms with E-state index in [0.29, 0.717) is 18.0 Å². The Kier molecular flexibility index (Phi) is 6.98. The molecular weight excluding hydrogens is 349 g/mol. The number of carbonyl (C=O) groups is 1. The molecule has 0 saturated carbocycles. The molecule has 0 aliphatic carbocycles. The predicted octanol–water partition coefficient (Wildman–Crippen LogP) is 4.12. The third kappa shape index (κ3) is 7.52. The number of hydrogen-bond acceptors (Lipinski definition) is 5. The number of amides is 1. The van der Waals surface area contributed by atoms with Gasteiger partial charge in [-0.25, -0.2) is 14.2 Å². The molecule has 7 heteroatoms.